The van der Waals surface area contributed by atoms with Gasteiger partial charge in [-0.2, -0.15) is 18.4 Å². The van der Waals surface area contributed by atoms with Crippen LogP contribution < -0.4 is 5.32 Å². The molecule has 0 bridgehead atoms. The number of nitriles is 1. The van der Waals surface area contributed by atoms with Crippen molar-refractivity contribution in [1.29, 1.82) is 5.26 Å². The summed E-state index contributed by atoms with van der Waals surface area (Å²) >= 11 is 0. The monoisotopic (exact) mass is 249 g/mol. The highest BCUT2D eigenvalue weighted by molar-refractivity contribution is 4.91. The molecule has 0 saturated carbocycles. The van der Waals surface area contributed by atoms with Crippen LogP contribution >= 0.6 is 0 Å². The van der Waals surface area contributed by atoms with Gasteiger partial charge in [-0.15, -0.1) is 0 Å². The van der Waals surface area contributed by atoms with E-state index in [0.717, 1.165) is 19.4 Å². The van der Waals surface area contributed by atoms with Crippen molar-refractivity contribution in [2.75, 3.05) is 33.2 Å². The summed E-state index contributed by atoms with van der Waals surface area (Å²) in [5.74, 6) is -1.47. The Labute approximate surface area is 99.6 Å². The van der Waals surface area contributed by atoms with Crippen LogP contribution in [0.5, 0.6) is 0 Å². The van der Waals surface area contributed by atoms with Crippen LogP contribution in [-0.2, 0) is 0 Å². The lowest BCUT2D eigenvalue weighted by Gasteiger charge is -2.33. The molecule has 0 aliphatic carbocycles. The number of nitrogens with zero attached hydrogens (tertiary/aromatic N) is 2. The summed E-state index contributed by atoms with van der Waals surface area (Å²) in [7, 11) is 1.84. The minimum absolute atomic E-state index is 0.194. The predicted octanol–water partition coefficient (Wildman–Crippen LogP) is 1.62. The molecule has 2 atom stereocenters. The Bertz CT molecular complexity index is 270. The second-order valence-corrected chi connectivity index (χ2v) is 4.55. The fourth-order valence-electron chi connectivity index (χ4n) is 2.25. The highest BCUT2D eigenvalue weighted by atomic mass is 19.4. The SMILES string of the molecule is CNCC1CCCN(CC(C#N)C(F)(F)F)C1. The van der Waals surface area contributed by atoms with E-state index in [9.17, 15) is 13.2 Å². The van der Waals surface area contributed by atoms with Gasteiger partial charge in [0, 0.05) is 13.1 Å². The van der Waals surface area contributed by atoms with Crippen LogP contribution in [0.15, 0.2) is 0 Å². The van der Waals surface area contributed by atoms with E-state index in [4.69, 9.17) is 5.26 Å². The molecule has 2 unspecified atom stereocenters. The first kappa shape index (κ1) is 14.3. The average molecular weight is 249 g/mol. The van der Waals surface area contributed by atoms with Crippen molar-refractivity contribution in [2.45, 2.75) is 19.0 Å². The molecule has 0 amide bonds. The Kier molecular flexibility index (Phi) is 5.22. The lowest BCUT2D eigenvalue weighted by atomic mass is 9.97. The van der Waals surface area contributed by atoms with Crippen molar-refractivity contribution in [3.05, 3.63) is 0 Å². The largest absolute Gasteiger partial charge is 0.405 e. The van der Waals surface area contributed by atoms with E-state index in [-0.39, 0.29) is 6.54 Å². The van der Waals surface area contributed by atoms with Crippen LogP contribution in [0.25, 0.3) is 0 Å². The summed E-state index contributed by atoms with van der Waals surface area (Å²) in [6.07, 6.45) is -2.46. The summed E-state index contributed by atoms with van der Waals surface area (Å²) in [5, 5.41) is 11.6. The van der Waals surface area contributed by atoms with Crippen LogP contribution in [0.3, 0.4) is 0 Å². The Hall–Kier alpha value is -0.800. The van der Waals surface area contributed by atoms with Gasteiger partial charge in [-0.1, -0.05) is 0 Å². The second-order valence-electron chi connectivity index (χ2n) is 4.55. The topological polar surface area (TPSA) is 39.1 Å². The number of nitrogens with one attached hydrogen (secondary N) is 1. The van der Waals surface area contributed by atoms with Gasteiger partial charge in [-0.25, -0.2) is 0 Å². The summed E-state index contributed by atoms with van der Waals surface area (Å²) < 4.78 is 37.4. The highest BCUT2D eigenvalue weighted by Crippen LogP contribution is 2.27. The average Bonchev–Trinajstić information content (AvgIpc) is 2.25. The zero-order valence-corrected chi connectivity index (χ0v) is 9.93. The van der Waals surface area contributed by atoms with Gasteiger partial charge in [-0.05, 0) is 38.9 Å². The van der Waals surface area contributed by atoms with Gasteiger partial charge >= 0.3 is 6.18 Å². The number of likely N-dealkylation sites (tertiary alicyclic amines) is 1. The fraction of sp³-hybridized carbons (Fsp3) is 0.909. The first-order valence-corrected chi connectivity index (χ1v) is 5.80. The van der Waals surface area contributed by atoms with Gasteiger partial charge in [0.25, 0.3) is 0 Å². The minimum Gasteiger partial charge on any atom is -0.319 e. The number of rotatable bonds is 4. The van der Waals surface area contributed by atoms with Crippen LogP contribution in [0.1, 0.15) is 12.8 Å². The molecule has 1 saturated heterocycles. The molecule has 0 radical (unpaired) electrons. The molecule has 1 aliphatic heterocycles. The highest BCUT2D eigenvalue weighted by Gasteiger charge is 2.41. The quantitative estimate of drug-likeness (QED) is 0.823. The van der Waals surface area contributed by atoms with Crippen molar-refractivity contribution in [1.82, 2.24) is 10.2 Å². The second kappa shape index (κ2) is 6.22. The molecular weight excluding hydrogens is 231 g/mol. The summed E-state index contributed by atoms with van der Waals surface area (Å²) in [4.78, 5) is 1.76. The van der Waals surface area contributed by atoms with Crippen LogP contribution in [0, 0.1) is 23.2 Å². The van der Waals surface area contributed by atoms with Crippen molar-refractivity contribution in [3.8, 4) is 6.07 Å². The van der Waals surface area contributed by atoms with Gasteiger partial charge in [0.2, 0.25) is 0 Å². The smallest absolute Gasteiger partial charge is 0.319 e. The molecular formula is C11H18F3N3. The third-order valence-corrected chi connectivity index (χ3v) is 3.09. The molecule has 1 heterocycles. The normalized spacial score (nSPS) is 24.3. The zero-order valence-electron chi connectivity index (χ0n) is 9.93. The van der Waals surface area contributed by atoms with Crippen LogP contribution in [0.4, 0.5) is 13.2 Å². The van der Waals surface area contributed by atoms with Crippen LogP contribution in [-0.4, -0.2) is 44.3 Å². The first-order chi connectivity index (χ1) is 7.97. The van der Waals surface area contributed by atoms with Gasteiger partial charge in [0.15, 0.2) is 5.92 Å². The van der Waals surface area contributed by atoms with Crippen molar-refractivity contribution in [3.63, 3.8) is 0 Å². The van der Waals surface area contributed by atoms with Gasteiger partial charge < -0.3 is 10.2 Å². The van der Waals surface area contributed by atoms with Crippen molar-refractivity contribution >= 4 is 0 Å². The summed E-state index contributed by atoms with van der Waals surface area (Å²) in [6, 6.07) is 1.35. The maximum Gasteiger partial charge on any atom is 0.405 e. The lowest BCUT2D eigenvalue weighted by Crippen LogP contribution is -2.43. The Balaban J connectivity index is 2.48. The Morgan fingerprint density at radius 1 is 1.53 bits per heavy atom. The molecule has 98 valence electrons. The van der Waals surface area contributed by atoms with Crippen molar-refractivity contribution < 1.29 is 13.2 Å². The number of alkyl halides is 3. The molecule has 17 heavy (non-hydrogen) atoms. The molecule has 0 spiro atoms. The number of piperidine rings is 1. The summed E-state index contributed by atoms with van der Waals surface area (Å²) in [5.41, 5.74) is 0. The van der Waals surface area contributed by atoms with Crippen LogP contribution in [0.2, 0.25) is 0 Å². The van der Waals surface area contributed by atoms with E-state index < -0.39 is 12.1 Å². The third kappa shape index (κ3) is 4.52. The number of halogens is 3. The van der Waals surface area contributed by atoms with E-state index in [1.807, 2.05) is 7.05 Å². The maximum absolute atomic E-state index is 12.5. The maximum atomic E-state index is 12.5. The Morgan fingerprint density at radius 2 is 2.24 bits per heavy atom. The standard InChI is InChI=1S/C11H18F3N3/c1-16-6-9-3-2-4-17(7-9)8-10(5-15)11(12,13)14/h9-10,16H,2-4,6-8H2,1H3. The Morgan fingerprint density at radius 3 is 2.76 bits per heavy atom. The van der Waals surface area contributed by atoms with E-state index in [0.29, 0.717) is 19.0 Å². The predicted molar refractivity (Wildman–Crippen MR) is 58.2 cm³/mol. The summed E-state index contributed by atoms with van der Waals surface area (Å²) in [6.45, 7) is 1.93. The lowest BCUT2D eigenvalue weighted by molar-refractivity contribution is -0.164. The van der Waals surface area contributed by atoms with Gasteiger partial charge in [0.1, 0.15) is 0 Å². The number of hydrogen-bond acceptors (Lipinski definition) is 3. The molecule has 1 N–H and O–H groups in total. The fourth-order valence-corrected chi connectivity index (χ4v) is 2.25. The molecule has 1 aliphatic rings. The molecule has 6 heteroatoms. The third-order valence-electron chi connectivity index (χ3n) is 3.09. The molecule has 0 aromatic rings. The van der Waals surface area contributed by atoms with Gasteiger partial charge in [-0.3, -0.25) is 0 Å². The van der Waals surface area contributed by atoms with E-state index >= 15 is 0 Å². The number of hydrogen-bond donors (Lipinski definition) is 1. The van der Waals surface area contributed by atoms with Gasteiger partial charge in [0.05, 0.1) is 6.07 Å². The van der Waals surface area contributed by atoms with Crippen molar-refractivity contribution in [2.24, 2.45) is 11.8 Å². The molecule has 1 rings (SSSR count). The first-order valence-electron chi connectivity index (χ1n) is 5.80. The molecule has 0 aromatic carbocycles. The minimum atomic E-state index is -4.41. The molecule has 3 nitrogen and oxygen atoms in total. The van der Waals surface area contributed by atoms with E-state index in [2.05, 4.69) is 5.32 Å². The molecule has 0 aromatic heterocycles. The zero-order chi connectivity index (χ0) is 12.9. The molecule has 1 fully saturated rings. The van der Waals surface area contributed by atoms with E-state index in [1.54, 1.807) is 4.90 Å². The van der Waals surface area contributed by atoms with E-state index in [1.165, 1.54) is 6.07 Å².